The largest absolute Gasteiger partial charge is 0.370 e. The standard InChI is InChI=1S/C61H87N21O9/c1-70-49(83)27-26-45-54(88)80-46(33-36-14-4-2-5-15-36)56(90)81-47(34-37-16-6-3-7-17-37)57(91)82-48(35-38-24-25-39-18-8-9-19-40(39)32-38)55(89)78-44(23-13-31-74-61(68)69)52(86)76-42(21-11-29-72-59(64)65)50(84)75-41(20-10-28-71-58(62)63)51(85)77-43(53(87)79-45)22-12-30-73-60(66)67/h2-9,14-19,24-25,32,41-48H,10-13,20-23,26-31,33-35H2,1H3,(H,70,83)(H,75,84)(H,76,86)(H,77,85)(H,78,89)(H,79,87)(H,80,88)(H,81,90)(H,82,91)(H4,62,63,71)(H4,64,65,72)(H4,66,67,73)(H4,68,69,74)/t41-,42+,43+,44-,45-,46-,47+,48-/m0/s1. The molecule has 91 heavy (non-hydrogen) atoms. The molecule has 1 aliphatic heterocycles. The molecule has 4 aromatic rings. The van der Waals surface area contributed by atoms with E-state index in [0.29, 0.717) is 16.7 Å². The summed E-state index contributed by atoms with van der Waals surface area (Å²) >= 11 is 0. The van der Waals surface area contributed by atoms with Crippen molar-refractivity contribution >= 4 is 87.8 Å². The van der Waals surface area contributed by atoms with Crippen molar-refractivity contribution in [3.8, 4) is 0 Å². The van der Waals surface area contributed by atoms with Gasteiger partial charge in [0.05, 0.1) is 0 Å². The fraction of sp³-hybridized carbons (Fsp3) is 0.426. The fourth-order valence-electron chi connectivity index (χ4n) is 9.87. The molecule has 4 aromatic carbocycles. The summed E-state index contributed by atoms with van der Waals surface area (Å²) in [4.78, 5) is 148. The van der Waals surface area contributed by atoms with Gasteiger partial charge >= 0.3 is 0 Å². The van der Waals surface area contributed by atoms with Crippen molar-refractivity contribution in [2.75, 3.05) is 33.2 Å². The van der Waals surface area contributed by atoms with Crippen LogP contribution in [0.4, 0.5) is 0 Å². The molecule has 30 nitrogen and oxygen atoms in total. The first-order chi connectivity index (χ1) is 43.6. The molecular weight excluding hydrogens is 1170 g/mol. The third kappa shape index (κ3) is 25.6. The number of hydrogen-bond donors (Lipinski definition) is 17. The third-order valence-electron chi connectivity index (χ3n) is 14.6. The maximum Gasteiger partial charge on any atom is 0.243 e. The molecule has 0 unspecified atom stereocenters. The Morgan fingerprint density at radius 1 is 0.352 bits per heavy atom. The van der Waals surface area contributed by atoms with Crippen molar-refractivity contribution in [2.24, 2.45) is 65.8 Å². The van der Waals surface area contributed by atoms with E-state index in [1.807, 2.05) is 36.4 Å². The smallest absolute Gasteiger partial charge is 0.243 e. The van der Waals surface area contributed by atoms with E-state index in [-0.39, 0.29) is 133 Å². The van der Waals surface area contributed by atoms with Crippen molar-refractivity contribution in [2.45, 2.75) is 132 Å². The number of rotatable bonds is 25. The van der Waals surface area contributed by atoms with Crippen LogP contribution in [0.2, 0.25) is 0 Å². The molecule has 9 amide bonds. The molecule has 0 aromatic heterocycles. The van der Waals surface area contributed by atoms with Gasteiger partial charge in [0.2, 0.25) is 53.2 Å². The average molecular weight is 1260 g/mol. The van der Waals surface area contributed by atoms with Crippen LogP contribution in [0.3, 0.4) is 0 Å². The molecule has 1 saturated heterocycles. The molecule has 25 N–H and O–H groups in total. The van der Waals surface area contributed by atoms with Gasteiger partial charge in [-0.05, 0) is 85.3 Å². The van der Waals surface area contributed by atoms with Gasteiger partial charge in [-0.2, -0.15) is 0 Å². The van der Waals surface area contributed by atoms with Crippen LogP contribution in [0.5, 0.6) is 0 Å². The second kappa shape index (κ2) is 37.3. The lowest BCUT2D eigenvalue weighted by atomic mass is 9.99. The van der Waals surface area contributed by atoms with E-state index in [2.05, 4.69) is 67.8 Å². The number of carbonyl (C=O) groups excluding carboxylic acids is 9. The Morgan fingerprint density at radius 3 is 0.945 bits per heavy atom. The molecule has 1 fully saturated rings. The minimum Gasteiger partial charge on any atom is -0.370 e. The van der Waals surface area contributed by atoms with Crippen molar-refractivity contribution in [3.05, 3.63) is 120 Å². The quantitative estimate of drug-likeness (QED) is 0.0174. The number of aliphatic imine (C=N–C) groups is 4. The summed E-state index contributed by atoms with van der Waals surface area (Å²) in [6.07, 6.45) is -1.22. The van der Waals surface area contributed by atoms with Crippen molar-refractivity contribution < 1.29 is 43.2 Å². The van der Waals surface area contributed by atoms with E-state index in [0.717, 1.165) is 10.8 Å². The number of hydrogen-bond acceptors (Lipinski definition) is 13. The van der Waals surface area contributed by atoms with Crippen LogP contribution in [0, 0.1) is 0 Å². The monoisotopic (exact) mass is 1260 g/mol. The minimum atomic E-state index is -1.55. The molecule has 490 valence electrons. The highest BCUT2D eigenvalue weighted by molar-refractivity contribution is 5.99. The van der Waals surface area contributed by atoms with Gasteiger partial charge in [-0.15, -0.1) is 0 Å². The maximum absolute atomic E-state index is 15.2. The number of amides is 9. The lowest BCUT2D eigenvalue weighted by Gasteiger charge is -2.29. The highest BCUT2D eigenvalue weighted by Crippen LogP contribution is 2.18. The molecule has 1 aliphatic rings. The Labute approximate surface area is 527 Å². The summed E-state index contributed by atoms with van der Waals surface area (Å²) in [5.41, 5.74) is 46.8. The van der Waals surface area contributed by atoms with Crippen LogP contribution in [-0.4, -0.2) is 159 Å². The van der Waals surface area contributed by atoms with E-state index in [1.165, 1.54) is 7.05 Å². The van der Waals surface area contributed by atoms with Crippen LogP contribution in [0.25, 0.3) is 10.8 Å². The van der Waals surface area contributed by atoms with Gasteiger partial charge < -0.3 is 93.7 Å². The zero-order chi connectivity index (χ0) is 66.2. The van der Waals surface area contributed by atoms with E-state index in [4.69, 9.17) is 45.9 Å². The second-order valence-corrected chi connectivity index (χ2v) is 21.8. The van der Waals surface area contributed by atoms with E-state index in [9.17, 15) is 28.8 Å². The molecule has 5 rings (SSSR count). The lowest BCUT2D eigenvalue weighted by molar-refractivity contribution is -0.137. The number of nitrogens with two attached hydrogens (primary N) is 8. The summed E-state index contributed by atoms with van der Waals surface area (Å²) in [5.74, 6) is -8.52. The molecular formula is C61H87N21O9. The Bertz CT molecular complexity index is 3220. The van der Waals surface area contributed by atoms with E-state index < -0.39 is 101 Å². The van der Waals surface area contributed by atoms with Gasteiger partial charge in [0.1, 0.15) is 48.3 Å². The van der Waals surface area contributed by atoms with Gasteiger partial charge in [-0.25, -0.2) is 0 Å². The number of nitrogens with zero attached hydrogens (tertiary/aromatic N) is 4. The number of benzene rings is 4. The normalized spacial score (nSPS) is 20.6. The zero-order valence-electron chi connectivity index (χ0n) is 51.0. The number of carbonyl (C=O) groups is 9. The first-order valence-electron chi connectivity index (χ1n) is 30.0. The molecule has 8 atom stereocenters. The number of guanidine groups is 4. The highest BCUT2D eigenvalue weighted by atomic mass is 16.2. The van der Waals surface area contributed by atoms with Gasteiger partial charge in [-0.3, -0.25) is 63.1 Å². The van der Waals surface area contributed by atoms with Crippen molar-refractivity contribution in [1.29, 1.82) is 0 Å². The molecule has 1 heterocycles. The van der Waals surface area contributed by atoms with Crippen LogP contribution < -0.4 is 93.7 Å². The Balaban J connectivity index is 1.71. The molecule has 0 radical (unpaired) electrons. The van der Waals surface area contributed by atoms with Gasteiger partial charge in [0.15, 0.2) is 23.8 Å². The Kier molecular flexibility index (Phi) is 29.2. The molecule has 0 aliphatic carbocycles. The summed E-state index contributed by atoms with van der Waals surface area (Å²) in [6.45, 7) is -0.0130. The third-order valence-corrected chi connectivity index (χ3v) is 14.6. The van der Waals surface area contributed by atoms with Crippen LogP contribution >= 0.6 is 0 Å². The molecule has 0 saturated carbocycles. The molecule has 0 spiro atoms. The van der Waals surface area contributed by atoms with Gasteiger partial charge in [0, 0.05) is 58.9 Å². The predicted octanol–water partition coefficient (Wildman–Crippen LogP) is -3.50. The summed E-state index contributed by atoms with van der Waals surface area (Å²) in [6, 6.07) is 18.6. The lowest BCUT2D eigenvalue weighted by Crippen LogP contribution is -2.62. The zero-order valence-corrected chi connectivity index (χ0v) is 51.0. The molecule has 30 heteroatoms. The Hall–Kier alpha value is -10.6. The van der Waals surface area contributed by atoms with E-state index in [1.54, 1.807) is 66.7 Å². The summed E-state index contributed by atoms with van der Waals surface area (Å²) in [5, 5.41) is 26.3. The van der Waals surface area contributed by atoms with Crippen molar-refractivity contribution in [1.82, 2.24) is 47.9 Å². The Morgan fingerprint density at radius 2 is 0.626 bits per heavy atom. The maximum atomic E-state index is 15.2. The predicted molar refractivity (Wildman–Crippen MR) is 346 cm³/mol. The topological polar surface area (TPSA) is 519 Å². The number of fused-ring (bicyclic) bond motifs is 1. The number of nitrogens with one attached hydrogen (secondary N) is 9. The SMILES string of the molecule is CNC(=O)CC[C@@H]1NC(=O)[C@@H](CCCN=C(N)N)NC(=O)[C@H](CCCN=C(N)N)NC(=O)[C@@H](CCCN=C(N)N)NC(=O)[C@H](CCCN=C(N)N)NC(=O)[C@H](Cc2ccc3ccccc3c2)NC(=O)[C@@H](Cc2ccccc2)NC(=O)[C@H](Cc2ccccc2)NC1=O. The first kappa shape index (κ1) is 71.2. The minimum absolute atomic E-state index is 0.00256. The summed E-state index contributed by atoms with van der Waals surface area (Å²) in [7, 11) is 1.38. The molecule has 0 bridgehead atoms. The van der Waals surface area contributed by atoms with Crippen molar-refractivity contribution in [3.63, 3.8) is 0 Å². The van der Waals surface area contributed by atoms with Crippen LogP contribution in [-0.2, 0) is 62.4 Å². The van der Waals surface area contributed by atoms with E-state index >= 15 is 14.4 Å². The van der Waals surface area contributed by atoms with Crippen LogP contribution in [0.15, 0.2) is 123 Å². The average Bonchev–Trinajstić information content (AvgIpc) is 2.14. The summed E-state index contributed by atoms with van der Waals surface area (Å²) < 4.78 is 0. The van der Waals surface area contributed by atoms with Crippen LogP contribution in [0.1, 0.15) is 80.9 Å². The first-order valence-corrected chi connectivity index (χ1v) is 30.0. The van der Waals surface area contributed by atoms with Gasteiger partial charge in [-0.1, -0.05) is 103 Å². The second-order valence-electron chi connectivity index (χ2n) is 21.8. The fourth-order valence-corrected chi connectivity index (χ4v) is 9.87. The highest BCUT2D eigenvalue weighted by Gasteiger charge is 2.36. The van der Waals surface area contributed by atoms with Gasteiger partial charge in [0.25, 0.3) is 0 Å².